The molecular weight excluding hydrogens is 205 g/mol. The third kappa shape index (κ3) is 2.70. The lowest BCUT2D eigenvalue weighted by molar-refractivity contribution is -0.118. The van der Waals surface area contributed by atoms with E-state index in [1.54, 1.807) is 13.8 Å². The van der Waals surface area contributed by atoms with E-state index in [1.165, 1.54) is 18.2 Å². The molecule has 2 nitrogen and oxygen atoms in total. The van der Waals surface area contributed by atoms with Crippen LogP contribution in [-0.4, -0.2) is 5.91 Å². The number of benzene rings is 1. The Hall–Kier alpha value is -1.09. The molecule has 4 heteroatoms. The third-order valence-corrected chi connectivity index (χ3v) is 2.04. The van der Waals surface area contributed by atoms with E-state index in [9.17, 15) is 9.18 Å². The number of halogens is 2. The molecule has 0 radical (unpaired) electrons. The summed E-state index contributed by atoms with van der Waals surface area (Å²) >= 11 is 5.76. The molecule has 0 aliphatic carbocycles. The van der Waals surface area contributed by atoms with Crippen LogP contribution in [0, 0.1) is 11.7 Å². The first-order valence-electron chi connectivity index (χ1n) is 4.26. The molecule has 0 unspecified atom stereocenters. The van der Waals surface area contributed by atoms with Crippen LogP contribution >= 0.6 is 11.6 Å². The van der Waals surface area contributed by atoms with E-state index in [-0.39, 0.29) is 11.8 Å². The summed E-state index contributed by atoms with van der Waals surface area (Å²) in [6.45, 7) is 3.51. The number of carbonyl (C=O) groups is 1. The number of anilines is 1. The summed E-state index contributed by atoms with van der Waals surface area (Å²) in [5.41, 5.74) is 0.311. The number of amides is 1. The van der Waals surface area contributed by atoms with Crippen molar-refractivity contribution in [3.63, 3.8) is 0 Å². The average molecular weight is 216 g/mol. The van der Waals surface area contributed by atoms with Crippen molar-refractivity contribution in [2.45, 2.75) is 13.8 Å². The molecule has 76 valence electrons. The molecule has 0 heterocycles. The third-order valence-electron chi connectivity index (χ3n) is 1.71. The molecule has 0 aliphatic heterocycles. The van der Waals surface area contributed by atoms with E-state index < -0.39 is 5.82 Å². The van der Waals surface area contributed by atoms with Gasteiger partial charge < -0.3 is 5.32 Å². The minimum Gasteiger partial charge on any atom is -0.324 e. The van der Waals surface area contributed by atoms with Gasteiger partial charge in [0.25, 0.3) is 0 Å². The molecule has 0 saturated heterocycles. The predicted molar refractivity (Wildman–Crippen MR) is 54.9 cm³/mol. The van der Waals surface area contributed by atoms with Gasteiger partial charge in [-0.1, -0.05) is 25.4 Å². The van der Waals surface area contributed by atoms with Gasteiger partial charge in [-0.25, -0.2) is 4.39 Å². The molecule has 14 heavy (non-hydrogen) atoms. The summed E-state index contributed by atoms with van der Waals surface area (Å²) in [7, 11) is 0. The Morgan fingerprint density at radius 2 is 2.14 bits per heavy atom. The predicted octanol–water partition coefficient (Wildman–Crippen LogP) is 3.07. The van der Waals surface area contributed by atoms with Gasteiger partial charge in [-0.3, -0.25) is 4.79 Å². The van der Waals surface area contributed by atoms with Gasteiger partial charge in [0, 0.05) is 5.92 Å². The highest BCUT2D eigenvalue weighted by Crippen LogP contribution is 2.22. The fraction of sp³-hybridized carbons (Fsp3) is 0.300. The standard InChI is InChI=1S/C10H11ClFNO/c1-6(2)10(14)13-9-5-7(12)3-4-8(9)11/h3-6H,1-2H3,(H,13,14). The Labute approximate surface area is 87.1 Å². The maximum absolute atomic E-state index is 12.8. The molecule has 1 rings (SSSR count). The second-order valence-corrected chi connectivity index (χ2v) is 3.68. The molecule has 1 aromatic rings. The number of rotatable bonds is 2. The van der Waals surface area contributed by atoms with Crippen molar-refractivity contribution in [1.29, 1.82) is 0 Å². The van der Waals surface area contributed by atoms with Crippen LogP contribution in [0.25, 0.3) is 0 Å². The monoisotopic (exact) mass is 215 g/mol. The van der Waals surface area contributed by atoms with Gasteiger partial charge in [-0.05, 0) is 18.2 Å². The molecule has 0 fully saturated rings. The summed E-state index contributed by atoms with van der Waals surface area (Å²) in [5.74, 6) is -0.764. The first-order chi connectivity index (χ1) is 6.50. The molecule has 0 atom stereocenters. The van der Waals surface area contributed by atoms with Crippen LogP contribution in [0.15, 0.2) is 18.2 Å². The highest BCUT2D eigenvalue weighted by Gasteiger charge is 2.09. The molecule has 0 aromatic heterocycles. The number of hydrogen-bond acceptors (Lipinski definition) is 1. The van der Waals surface area contributed by atoms with Crippen molar-refractivity contribution in [3.8, 4) is 0 Å². The average Bonchev–Trinajstić information content (AvgIpc) is 2.11. The summed E-state index contributed by atoms with van der Waals surface area (Å²) in [5, 5.41) is 2.87. The van der Waals surface area contributed by atoms with Crippen LogP contribution in [0.4, 0.5) is 10.1 Å². The molecule has 1 amide bonds. The van der Waals surface area contributed by atoms with Crippen LogP contribution in [0.2, 0.25) is 5.02 Å². The summed E-state index contributed by atoms with van der Waals surface area (Å²) < 4.78 is 12.8. The Balaban J connectivity index is 2.86. The van der Waals surface area contributed by atoms with Crippen molar-refractivity contribution in [2.24, 2.45) is 5.92 Å². The van der Waals surface area contributed by atoms with Crippen molar-refractivity contribution in [1.82, 2.24) is 0 Å². The number of nitrogens with one attached hydrogen (secondary N) is 1. The van der Waals surface area contributed by atoms with Gasteiger partial charge in [-0.15, -0.1) is 0 Å². The maximum atomic E-state index is 12.8. The van der Waals surface area contributed by atoms with Gasteiger partial charge in [0.05, 0.1) is 10.7 Å². The van der Waals surface area contributed by atoms with E-state index in [0.29, 0.717) is 10.7 Å². The topological polar surface area (TPSA) is 29.1 Å². The SMILES string of the molecule is CC(C)C(=O)Nc1cc(F)ccc1Cl. The van der Waals surface area contributed by atoms with Gasteiger partial charge in [0.2, 0.25) is 5.91 Å². The van der Waals surface area contributed by atoms with Crippen LogP contribution in [-0.2, 0) is 4.79 Å². The Bertz CT molecular complexity index is 352. The molecule has 0 spiro atoms. The van der Waals surface area contributed by atoms with E-state index in [0.717, 1.165) is 0 Å². The number of carbonyl (C=O) groups excluding carboxylic acids is 1. The van der Waals surface area contributed by atoms with Gasteiger partial charge >= 0.3 is 0 Å². The zero-order chi connectivity index (χ0) is 10.7. The Kier molecular flexibility index (Phi) is 3.47. The molecule has 1 aromatic carbocycles. The van der Waals surface area contributed by atoms with Crippen LogP contribution in [0.1, 0.15) is 13.8 Å². The minimum absolute atomic E-state index is 0.158. The molecule has 1 N–H and O–H groups in total. The fourth-order valence-electron chi connectivity index (χ4n) is 0.870. The first kappa shape index (κ1) is 11.0. The number of hydrogen-bond donors (Lipinski definition) is 1. The smallest absolute Gasteiger partial charge is 0.226 e. The van der Waals surface area contributed by atoms with Crippen LogP contribution in [0.5, 0.6) is 0 Å². The second-order valence-electron chi connectivity index (χ2n) is 3.27. The fourth-order valence-corrected chi connectivity index (χ4v) is 1.04. The molecule has 0 bridgehead atoms. The Morgan fingerprint density at radius 3 is 2.71 bits per heavy atom. The molecule has 0 saturated carbocycles. The quantitative estimate of drug-likeness (QED) is 0.807. The largest absolute Gasteiger partial charge is 0.324 e. The summed E-state index contributed by atoms with van der Waals surface area (Å²) in [4.78, 5) is 11.3. The van der Waals surface area contributed by atoms with Gasteiger partial charge in [-0.2, -0.15) is 0 Å². The van der Waals surface area contributed by atoms with Gasteiger partial charge in [0.1, 0.15) is 5.82 Å². The van der Waals surface area contributed by atoms with Crippen molar-refractivity contribution < 1.29 is 9.18 Å². The normalized spacial score (nSPS) is 10.4. The summed E-state index contributed by atoms with van der Waals surface area (Å²) in [6, 6.07) is 3.85. The van der Waals surface area contributed by atoms with Crippen molar-refractivity contribution in [3.05, 3.63) is 29.0 Å². The van der Waals surface area contributed by atoms with Crippen LogP contribution < -0.4 is 5.32 Å². The van der Waals surface area contributed by atoms with Crippen molar-refractivity contribution in [2.75, 3.05) is 5.32 Å². The van der Waals surface area contributed by atoms with Gasteiger partial charge in [0.15, 0.2) is 0 Å². The zero-order valence-corrected chi connectivity index (χ0v) is 8.73. The zero-order valence-electron chi connectivity index (χ0n) is 7.97. The van der Waals surface area contributed by atoms with E-state index in [4.69, 9.17) is 11.6 Å². The van der Waals surface area contributed by atoms with E-state index in [1.807, 2.05) is 0 Å². The lowest BCUT2D eigenvalue weighted by Crippen LogP contribution is -2.18. The lowest BCUT2D eigenvalue weighted by atomic mass is 10.2. The maximum Gasteiger partial charge on any atom is 0.226 e. The highest BCUT2D eigenvalue weighted by molar-refractivity contribution is 6.33. The molecule has 0 aliphatic rings. The Morgan fingerprint density at radius 1 is 1.50 bits per heavy atom. The van der Waals surface area contributed by atoms with E-state index in [2.05, 4.69) is 5.32 Å². The summed E-state index contributed by atoms with van der Waals surface area (Å²) in [6.07, 6.45) is 0. The lowest BCUT2D eigenvalue weighted by Gasteiger charge is -2.08. The minimum atomic E-state index is -0.423. The van der Waals surface area contributed by atoms with Crippen LogP contribution in [0.3, 0.4) is 0 Å². The molecular formula is C10H11ClFNO. The highest BCUT2D eigenvalue weighted by atomic mass is 35.5. The van der Waals surface area contributed by atoms with E-state index >= 15 is 0 Å². The van der Waals surface area contributed by atoms with Crippen molar-refractivity contribution >= 4 is 23.2 Å². The first-order valence-corrected chi connectivity index (χ1v) is 4.64. The second kappa shape index (κ2) is 4.42.